The van der Waals surface area contributed by atoms with Crippen LogP contribution in [-0.4, -0.2) is 0 Å². The first-order valence-electron chi connectivity index (χ1n) is 4.61. The monoisotopic (exact) mass is 192 g/mol. The van der Waals surface area contributed by atoms with Gasteiger partial charge in [-0.05, 0) is 50.5 Å². The fourth-order valence-electron chi connectivity index (χ4n) is 0.872. The van der Waals surface area contributed by atoms with Gasteiger partial charge in [-0.25, -0.2) is 0 Å². The Kier molecular flexibility index (Phi) is 3.57. The molecule has 0 spiro atoms. The largest absolute Gasteiger partial charge is 0.472 e. The lowest BCUT2D eigenvalue weighted by Gasteiger charge is -1.79. The molecule has 0 amide bonds. The molecule has 2 heteroatoms. The number of furan rings is 2. The number of rotatable bonds is 0. The fourth-order valence-corrected chi connectivity index (χ4v) is 0.872. The summed E-state index contributed by atoms with van der Waals surface area (Å²) in [5, 5.41) is 0. The van der Waals surface area contributed by atoms with Crippen LogP contribution in [0.5, 0.6) is 0 Å². The number of hydrogen-bond acceptors (Lipinski definition) is 2. The van der Waals surface area contributed by atoms with Gasteiger partial charge in [0.15, 0.2) is 0 Å². The zero-order valence-electron chi connectivity index (χ0n) is 9.13. The Bertz CT molecular complexity index is 311. The summed E-state index contributed by atoms with van der Waals surface area (Å²) < 4.78 is 9.81. The summed E-state index contributed by atoms with van der Waals surface area (Å²) in [5.41, 5.74) is 3.67. The summed E-state index contributed by atoms with van der Waals surface area (Å²) in [7, 11) is 0. The molecule has 0 saturated heterocycles. The van der Waals surface area contributed by atoms with Crippen molar-refractivity contribution >= 4 is 0 Å². The van der Waals surface area contributed by atoms with Crippen LogP contribution in [0, 0.1) is 27.7 Å². The van der Waals surface area contributed by atoms with E-state index in [1.165, 1.54) is 16.7 Å². The van der Waals surface area contributed by atoms with E-state index < -0.39 is 0 Å². The van der Waals surface area contributed by atoms with E-state index in [-0.39, 0.29) is 0 Å². The van der Waals surface area contributed by atoms with Crippen molar-refractivity contribution in [3.8, 4) is 0 Å². The maximum absolute atomic E-state index is 4.96. The lowest BCUT2D eigenvalue weighted by molar-refractivity contribution is 0.532. The number of hydrogen-bond donors (Lipinski definition) is 0. The quantitative estimate of drug-likeness (QED) is 0.634. The molecular formula is C12H16O2. The Hall–Kier alpha value is -1.44. The Morgan fingerprint density at radius 2 is 1.43 bits per heavy atom. The Morgan fingerprint density at radius 3 is 1.57 bits per heavy atom. The average Bonchev–Trinajstić information content (AvgIpc) is 2.67. The van der Waals surface area contributed by atoms with Gasteiger partial charge < -0.3 is 8.83 Å². The second-order valence-corrected chi connectivity index (χ2v) is 3.40. The van der Waals surface area contributed by atoms with E-state index >= 15 is 0 Å². The van der Waals surface area contributed by atoms with E-state index in [2.05, 4.69) is 0 Å². The summed E-state index contributed by atoms with van der Waals surface area (Å²) in [5.74, 6) is 1.01. The summed E-state index contributed by atoms with van der Waals surface area (Å²) >= 11 is 0. The van der Waals surface area contributed by atoms with Crippen molar-refractivity contribution in [2.45, 2.75) is 27.7 Å². The molecule has 0 unspecified atom stereocenters. The lowest BCUT2D eigenvalue weighted by atomic mass is 10.2. The van der Waals surface area contributed by atoms with Crippen LogP contribution in [0.3, 0.4) is 0 Å². The van der Waals surface area contributed by atoms with E-state index in [9.17, 15) is 0 Å². The van der Waals surface area contributed by atoms with Crippen LogP contribution >= 0.6 is 0 Å². The molecule has 14 heavy (non-hydrogen) atoms. The zero-order valence-corrected chi connectivity index (χ0v) is 9.13. The van der Waals surface area contributed by atoms with E-state index in [4.69, 9.17) is 8.83 Å². The highest BCUT2D eigenvalue weighted by Gasteiger charge is 1.89. The van der Waals surface area contributed by atoms with Crippen molar-refractivity contribution in [3.05, 3.63) is 47.3 Å². The third-order valence-corrected chi connectivity index (χ3v) is 2.23. The van der Waals surface area contributed by atoms with Crippen LogP contribution in [0.25, 0.3) is 0 Å². The predicted molar refractivity (Wildman–Crippen MR) is 56.4 cm³/mol. The molecule has 0 fully saturated rings. The van der Waals surface area contributed by atoms with Gasteiger partial charge in [0, 0.05) is 0 Å². The van der Waals surface area contributed by atoms with Crippen LogP contribution in [0.4, 0.5) is 0 Å². The first-order valence-corrected chi connectivity index (χ1v) is 4.61. The molecule has 2 rings (SSSR count). The van der Waals surface area contributed by atoms with E-state index in [1.807, 2.05) is 33.8 Å². The average molecular weight is 192 g/mol. The van der Waals surface area contributed by atoms with Gasteiger partial charge in [0.2, 0.25) is 0 Å². The van der Waals surface area contributed by atoms with Gasteiger partial charge >= 0.3 is 0 Å². The van der Waals surface area contributed by atoms with E-state index in [0.29, 0.717) is 0 Å². The van der Waals surface area contributed by atoms with Gasteiger partial charge in [0.25, 0.3) is 0 Å². The Morgan fingerprint density at radius 1 is 0.857 bits per heavy atom. The molecule has 2 heterocycles. The van der Waals surface area contributed by atoms with Crippen molar-refractivity contribution in [1.29, 1.82) is 0 Å². The highest BCUT2D eigenvalue weighted by Crippen LogP contribution is 2.05. The van der Waals surface area contributed by atoms with Crippen molar-refractivity contribution in [3.63, 3.8) is 0 Å². The fraction of sp³-hybridized carbons (Fsp3) is 0.333. The zero-order chi connectivity index (χ0) is 10.6. The molecule has 0 aliphatic rings. The topological polar surface area (TPSA) is 26.3 Å². The molecule has 0 aliphatic carbocycles. The van der Waals surface area contributed by atoms with Crippen molar-refractivity contribution in [2.75, 3.05) is 0 Å². The highest BCUT2D eigenvalue weighted by atomic mass is 16.3. The minimum Gasteiger partial charge on any atom is -0.472 e. The van der Waals surface area contributed by atoms with E-state index in [1.54, 1.807) is 18.8 Å². The minimum atomic E-state index is 1.01. The summed E-state index contributed by atoms with van der Waals surface area (Å²) in [4.78, 5) is 0. The van der Waals surface area contributed by atoms with Crippen LogP contribution in [0.15, 0.2) is 33.7 Å². The summed E-state index contributed by atoms with van der Waals surface area (Å²) in [6.45, 7) is 8.03. The molecule has 2 nitrogen and oxygen atoms in total. The third kappa shape index (κ3) is 2.80. The highest BCUT2D eigenvalue weighted by molar-refractivity contribution is 5.15. The molecule has 0 saturated carbocycles. The molecule has 0 N–H and O–H groups in total. The SMILES string of the molecule is Cc1ccoc1C.Cc1cocc1C. The smallest absolute Gasteiger partial charge is 0.103 e. The molecule has 2 aromatic rings. The second kappa shape index (κ2) is 4.70. The van der Waals surface area contributed by atoms with Gasteiger partial charge in [-0.3, -0.25) is 0 Å². The molecule has 2 aromatic heterocycles. The molecular weight excluding hydrogens is 176 g/mol. The van der Waals surface area contributed by atoms with Crippen LogP contribution in [0.1, 0.15) is 22.5 Å². The summed E-state index contributed by atoms with van der Waals surface area (Å²) in [6, 6.07) is 1.95. The van der Waals surface area contributed by atoms with Gasteiger partial charge in [0.1, 0.15) is 5.76 Å². The standard InChI is InChI=1S/2C6H8O/c1-5-3-7-4-6(5)2;1-5-3-4-7-6(5)2/h2*3-4H,1-2H3. The Labute approximate surface area is 84.5 Å². The Balaban J connectivity index is 0.000000140. The van der Waals surface area contributed by atoms with Gasteiger partial charge in [-0.15, -0.1) is 0 Å². The van der Waals surface area contributed by atoms with Gasteiger partial charge in [0.05, 0.1) is 18.8 Å². The van der Waals surface area contributed by atoms with Crippen LogP contribution in [0.2, 0.25) is 0 Å². The van der Waals surface area contributed by atoms with Crippen molar-refractivity contribution < 1.29 is 8.83 Å². The first kappa shape index (κ1) is 10.6. The predicted octanol–water partition coefficient (Wildman–Crippen LogP) is 3.79. The third-order valence-electron chi connectivity index (χ3n) is 2.23. The van der Waals surface area contributed by atoms with Crippen molar-refractivity contribution in [2.24, 2.45) is 0 Å². The molecule has 0 aliphatic heterocycles. The van der Waals surface area contributed by atoms with Crippen molar-refractivity contribution in [1.82, 2.24) is 0 Å². The van der Waals surface area contributed by atoms with E-state index in [0.717, 1.165) is 5.76 Å². The van der Waals surface area contributed by atoms with Gasteiger partial charge in [-0.1, -0.05) is 0 Å². The van der Waals surface area contributed by atoms with Crippen LogP contribution in [-0.2, 0) is 0 Å². The second-order valence-electron chi connectivity index (χ2n) is 3.40. The summed E-state index contributed by atoms with van der Waals surface area (Å²) in [6.07, 6.45) is 5.19. The first-order chi connectivity index (χ1) is 6.61. The maximum Gasteiger partial charge on any atom is 0.103 e. The molecule has 0 bridgehead atoms. The van der Waals surface area contributed by atoms with Crippen LogP contribution < -0.4 is 0 Å². The normalized spacial score (nSPS) is 9.43. The molecule has 0 aromatic carbocycles. The number of aryl methyl sites for hydroxylation is 4. The molecule has 0 atom stereocenters. The molecule has 76 valence electrons. The lowest BCUT2D eigenvalue weighted by Crippen LogP contribution is -1.63. The van der Waals surface area contributed by atoms with Gasteiger partial charge in [-0.2, -0.15) is 0 Å². The molecule has 0 radical (unpaired) electrons. The minimum absolute atomic E-state index is 1.01. The maximum atomic E-state index is 4.96.